The summed E-state index contributed by atoms with van der Waals surface area (Å²) in [5.41, 5.74) is 7.33. The number of rotatable bonds is 4. The number of alkyl carbamates (subject to hydrolysis) is 1. The molecule has 4 N–H and O–H groups in total. The molecule has 0 aromatic heterocycles. The number of hydrogen-bond donors (Lipinski definition) is 3. The van der Waals surface area contributed by atoms with E-state index in [1.54, 1.807) is 12.1 Å². The molecule has 0 bridgehead atoms. The van der Waals surface area contributed by atoms with E-state index in [1.165, 1.54) is 7.11 Å². The van der Waals surface area contributed by atoms with E-state index in [9.17, 15) is 14.7 Å². The van der Waals surface area contributed by atoms with Crippen molar-refractivity contribution in [2.45, 2.75) is 12.5 Å². The molecule has 0 heterocycles. The second-order valence-electron chi connectivity index (χ2n) is 4.59. The van der Waals surface area contributed by atoms with Gasteiger partial charge < -0.3 is 20.9 Å². The van der Waals surface area contributed by atoms with Crippen molar-refractivity contribution in [2.24, 2.45) is 0 Å². The van der Waals surface area contributed by atoms with Crippen LogP contribution < -0.4 is 11.1 Å². The number of ether oxygens (including phenoxy) is 1. The van der Waals surface area contributed by atoms with Crippen LogP contribution >= 0.6 is 0 Å². The van der Waals surface area contributed by atoms with Crippen molar-refractivity contribution in [1.29, 1.82) is 0 Å². The van der Waals surface area contributed by atoms with Gasteiger partial charge in [0.05, 0.1) is 7.11 Å². The van der Waals surface area contributed by atoms with Gasteiger partial charge in [-0.2, -0.15) is 0 Å². The van der Waals surface area contributed by atoms with Gasteiger partial charge in [-0.05, 0) is 17.0 Å². The fourth-order valence-corrected chi connectivity index (χ4v) is 2.18. The molecule has 2 aromatic carbocycles. The largest absolute Gasteiger partial charge is 0.480 e. The van der Waals surface area contributed by atoms with Gasteiger partial charge in [0.25, 0.3) is 0 Å². The predicted octanol–water partition coefficient (Wildman–Crippen LogP) is 1.77. The molecule has 2 rings (SSSR count). The molecule has 0 fully saturated rings. The summed E-state index contributed by atoms with van der Waals surface area (Å²) in [6.45, 7) is 0. The van der Waals surface area contributed by atoms with E-state index in [2.05, 4.69) is 10.1 Å². The van der Waals surface area contributed by atoms with Crippen molar-refractivity contribution in [3.63, 3.8) is 0 Å². The molecule has 0 saturated carbocycles. The number of nitrogens with two attached hydrogens (primary N) is 1. The van der Waals surface area contributed by atoms with Crippen LogP contribution in [0.15, 0.2) is 36.4 Å². The Labute approximate surface area is 121 Å². The molecule has 1 unspecified atom stereocenters. The number of amides is 1. The molecule has 1 atom stereocenters. The number of methoxy groups -OCH3 is 1. The lowest BCUT2D eigenvalue weighted by atomic mass is 9.98. The maximum Gasteiger partial charge on any atom is 0.407 e. The van der Waals surface area contributed by atoms with Gasteiger partial charge in [-0.15, -0.1) is 0 Å². The Morgan fingerprint density at radius 3 is 2.52 bits per heavy atom. The smallest absolute Gasteiger partial charge is 0.407 e. The number of benzene rings is 2. The van der Waals surface area contributed by atoms with Crippen molar-refractivity contribution in [2.75, 3.05) is 12.8 Å². The summed E-state index contributed by atoms with van der Waals surface area (Å²) in [6, 6.07) is 9.90. The van der Waals surface area contributed by atoms with E-state index in [1.807, 2.05) is 24.3 Å². The van der Waals surface area contributed by atoms with Gasteiger partial charge in [0.15, 0.2) is 0 Å². The summed E-state index contributed by atoms with van der Waals surface area (Å²) in [6.07, 6.45) is -0.632. The first-order valence-electron chi connectivity index (χ1n) is 6.36. The predicted molar refractivity (Wildman–Crippen MR) is 79.0 cm³/mol. The monoisotopic (exact) mass is 288 g/mol. The van der Waals surface area contributed by atoms with Crippen LogP contribution in [0.3, 0.4) is 0 Å². The molecule has 0 aliphatic carbocycles. The highest BCUT2D eigenvalue weighted by atomic mass is 16.5. The summed E-state index contributed by atoms with van der Waals surface area (Å²) in [7, 11) is 1.19. The first-order valence-corrected chi connectivity index (χ1v) is 6.36. The Morgan fingerprint density at radius 1 is 1.24 bits per heavy atom. The van der Waals surface area contributed by atoms with Gasteiger partial charge in [-0.3, -0.25) is 0 Å². The van der Waals surface area contributed by atoms with Gasteiger partial charge in [-0.1, -0.05) is 30.3 Å². The molecule has 6 nitrogen and oxygen atoms in total. The van der Waals surface area contributed by atoms with E-state index in [0.29, 0.717) is 5.69 Å². The summed E-state index contributed by atoms with van der Waals surface area (Å²) in [4.78, 5) is 22.5. The number of carbonyl (C=O) groups excluding carboxylic acids is 1. The number of fused-ring (bicyclic) bond motifs is 1. The second kappa shape index (κ2) is 6.13. The van der Waals surface area contributed by atoms with Crippen LogP contribution in [0.4, 0.5) is 10.5 Å². The van der Waals surface area contributed by atoms with Crippen LogP contribution in [-0.4, -0.2) is 30.3 Å². The molecule has 110 valence electrons. The Balaban J connectivity index is 2.35. The number of anilines is 1. The molecule has 21 heavy (non-hydrogen) atoms. The molecule has 6 heteroatoms. The van der Waals surface area contributed by atoms with Crippen molar-refractivity contribution >= 4 is 28.5 Å². The average Bonchev–Trinajstić information content (AvgIpc) is 2.49. The standard InChI is InChI=1S/C15H16N2O4/c1-21-15(20)17-13(14(18)19)8-9-6-7-12(16)11-5-3-2-4-10(9)11/h2-7,13H,8,16H2,1H3,(H,17,20)(H,18,19). The normalized spacial score (nSPS) is 11.9. The number of hydrogen-bond acceptors (Lipinski definition) is 4. The highest BCUT2D eigenvalue weighted by Gasteiger charge is 2.21. The molecule has 0 aliphatic heterocycles. The Kier molecular flexibility index (Phi) is 4.27. The van der Waals surface area contributed by atoms with Crippen LogP contribution in [0.25, 0.3) is 10.8 Å². The zero-order chi connectivity index (χ0) is 15.4. The number of carbonyl (C=O) groups is 2. The van der Waals surface area contributed by atoms with E-state index in [4.69, 9.17) is 5.73 Å². The molecule has 0 radical (unpaired) electrons. The van der Waals surface area contributed by atoms with Crippen molar-refractivity contribution < 1.29 is 19.4 Å². The van der Waals surface area contributed by atoms with Crippen LogP contribution in [0.1, 0.15) is 5.56 Å². The molecule has 0 spiro atoms. The molecular formula is C15H16N2O4. The minimum atomic E-state index is -1.12. The first kappa shape index (κ1) is 14.6. The van der Waals surface area contributed by atoms with Gasteiger partial charge in [0.1, 0.15) is 6.04 Å². The lowest BCUT2D eigenvalue weighted by molar-refractivity contribution is -0.139. The van der Waals surface area contributed by atoms with E-state index >= 15 is 0 Å². The topological polar surface area (TPSA) is 102 Å². The van der Waals surface area contributed by atoms with E-state index in [0.717, 1.165) is 16.3 Å². The van der Waals surface area contributed by atoms with E-state index < -0.39 is 18.1 Å². The Morgan fingerprint density at radius 2 is 1.90 bits per heavy atom. The number of nitrogen functional groups attached to an aromatic ring is 1. The third-order valence-electron chi connectivity index (χ3n) is 3.25. The highest BCUT2D eigenvalue weighted by molar-refractivity contribution is 5.95. The molecule has 0 saturated heterocycles. The summed E-state index contributed by atoms with van der Waals surface area (Å²) in [5, 5.41) is 13.2. The zero-order valence-corrected chi connectivity index (χ0v) is 11.5. The fourth-order valence-electron chi connectivity index (χ4n) is 2.18. The SMILES string of the molecule is COC(=O)NC(Cc1ccc(N)c2ccccc12)C(=O)O. The van der Waals surface area contributed by atoms with Crippen molar-refractivity contribution in [1.82, 2.24) is 5.32 Å². The number of aliphatic carboxylic acids is 1. The lowest BCUT2D eigenvalue weighted by Crippen LogP contribution is -2.42. The third kappa shape index (κ3) is 3.22. The van der Waals surface area contributed by atoms with Crippen LogP contribution in [0.5, 0.6) is 0 Å². The van der Waals surface area contributed by atoms with Gasteiger partial charge in [0.2, 0.25) is 0 Å². The minimum Gasteiger partial charge on any atom is -0.480 e. The molecule has 2 aromatic rings. The first-order chi connectivity index (χ1) is 10.0. The molecular weight excluding hydrogens is 272 g/mol. The van der Waals surface area contributed by atoms with Crippen molar-refractivity contribution in [3.8, 4) is 0 Å². The zero-order valence-electron chi connectivity index (χ0n) is 11.5. The Bertz CT molecular complexity index is 684. The average molecular weight is 288 g/mol. The Hall–Kier alpha value is -2.76. The highest BCUT2D eigenvalue weighted by Crippen LogP contribution is 2.25. The summed E-state index contributed by atoms with van der Waals surface area (Å²) in [5.74, 6) is -1.12. The second-order valence-corrected chi connectivity index (χ2v) is 4.59. The summed E-state index contributed by atoms with van der Waals surface area (Å²) >= 11 is 0. The minimum absolute atomic E-state index is 0.144. The molecule has 1 amide bonds. The molecule has 0 aliphatic rings. The van der Waals surface area contributed by atoms with Crippen LogP contribution in [0, 0.1) is 0 Å². The summed E-state index contributed by atoms with van der Waals surface area (Å²) < 4.78 is 4.44. The van der Waals surface area contributed by atoms with E-state index in [-0.39, 0.29) is 6.42 Å². The van der Waals surface area contributed by atoms with Gasteiger partial charge in [0, 0.05) is 17.5 Å². The number of carboxylic acid groups (broad SMARTS) is 1. The quantitative estimate of drug-likeness (QED) is 0.744. The lowest BCUT2D eigenvalue weighted by Gasteiger charge is -2.15. The van der Waals surface area contributed by atoms with Crippen LogP contribution in [0.2, 0.25) is 0 Å². The fraction of sp³-hybridized carbons (Fsp3) is 0.200. The number of carboxylic acids is 1. The maximum absolute atomic E-state index is 11.3. The third-order valence-corrected chi connectivity index (χ3v) is 3.25. The van der Waals surface area contributed by atoms with Crippen LogP contribution in [-0.2, 0) is 16.0 Å². The van der Waals surface area contributed by atoms with Gasteiger partial charge in [-0.25, -0.2) is 9.59 Å². The maximum atomic E-state index is 11.3. The van der Waals surface area contributed by atoms with Gasteiger partial charge >= 0.3 is 12.1 Å². The van der Waals surface area contributed by atoms with Crippen molar-refractivity contribution in [3.05, 3.63) is 42.0 Å². The number of nitrogens with one attached hydrogen (secondary N) is 1.